The van der Waals surface area contributed by atoms with Crippen LogP contribution in [0.25, 0.3) is 22.2 Å². The maximum atomic E-state index is 11.6. The molecule has 3 rings (SSSR count). The van der Waals surface area contributed by atoms with Crippen molar-refractivity contribution in [2.75, 3.05) is 26.0 Å². The van der Waals surface area contributed by atoms with Crippen LogP contribution in [0.5, 0.6) is 0 Å². The van der Waals surface area contributed by atoms with Crippen molar-refractivity contribution < 1.29 is 4.79 Å². The highest BCUT2D eigenvalue weighted by molar-refractivity contribution is 5.94. The normalized spacial score (nSPS) is 10.8. The molecule has 2 heterocycles. The lowest BCUT2D eigenvalue weighted by Gasteiger charge is -2.10. The second kappa shape index (κ2) is 5.28. The van der Waals surface area contributed by atoms with Crippen molar-refractivity contribution in [1.82, 2.24) is 25.3 Å². The van der Waals surface area contributed by atoms with E-state index in [0.29, 0.717) is 5.82 Å². The molecule has 3 N–H and O–H groups in total. The zero-order valence-corrected chi connectivity index (χ0v) is 11.8. The smallest absolute Gasteiger partial charge is 0.241 e. The third kappa shape index (κ3) is 2.58. The van der Waals surface area contributed by atoms with Gasteiger partial charge in [0.05, 0.1) is 17.8 Å². The minimum Gasteiger partial charge on any atom is -0.359 e. The van der Waals surface area contributed by atoms with Gasteiger partial charge in [-0.3, -0.25) is 15.0 Å². The second-order valence-electron chi connectivity index (χ2n) is 4.94. The predicted octanol–water partition coefficient (Wildman–Crippen LogP) is 1.45. The van der Waals surface area contributed by atoms with Crippen molar-refractivity contribution >= 4 is 22.6 Å². The molecule has 1 amide bonds. The molecule has 0 saturated heterocycles. The average Bonchev–Trinajstić information content (AvgIpc) is 3.13. The monoisotopic (exact) mass is 284 g/mol. The number of hydrogen-bond acceptors (Lipinski definition) is 4. The van der Waals surface area contributed by atoms with E-state index in [1.807, 2.05) is 24.3 Å². The molecule has 108 valence electrons. The van der Waals surface area contributed by atoms with E-state index in [2.05, 4.69) is 25.7 Å². The van der Waals surface area contributed by atoms with E-state index in [1.54, 1.807) is 20.3 Å². The summed E-state index contributed by atoms with van der Waals surface area (Å²) in [5, 5.41) is 18.1. The molecule has 0 bridgehead atoms. The number of carbonyl (C=O) groups is 1. The van der Waals surface area contributed by atoms with Gasteiger partial charge in [0.1, 0.15) is 0 Å². The molecule has 0 saturated carbocycles. The summed E-state index contributed by atoms with van der Waals surface area (Å²) in [5.74, 6) is 0.664. The van der Waals surface area contributed by atoms with Crippen molar-refractivity contribution in [2.24, 2.45) is 0 Å². The van der Waals surface area contributed by atoms with Crippen LogP contribution in [0.2, 0.25) is 0 Å². The van der Waals surface area contributed by atoms with E-state index in [9.17, 15) is 4.79 Å². The first-order chi connectivity index (χ1) is 10.1. The molecule has 3 aromatic rings. The molecule has 0 aliphatic rings. The Hall–Kier alpha value is -2.83. The van der Waals surface area contributed by atoms with Gasteiger partial charge in [-0.05, 0) is 18.2 Å². The Bertz CT molecular complexity index is 759. The summed E-state index contributed by atoms with van der Waals surface area (Å²) in [6, 6.07) is 7.86. The number of benzene rings is 1. The largest absolute Gasteiger partial charge is 0.359 e. The maximum Gasteiger partial charge on any atom is 0.241 e. The highest BCUT2D eigenvalue weighted by Gasteiger charge is 2.10. The summed E-state index contributed by atoms with van der Waals surface area (Å²) >= 11 is 0. The van der Waals surface area contributed by atoms with E-state index in [-0.39, 0.29) is 12.5 Å². The number of aromatic amines is 2. The molecule has 7 nitrogen and oxygen atoms in total. The van der Waals surface area contributed by atoms with Gasteiger partial charge in [0.25, 0.3) is 0 Å². The number of likely N-dealkylation sites (N-methyl/N-ethyl adjacent to an activating group) is 1. The van der Waals surface area contributed by atoms with Crippen LogP contribution >= 0.6 is 0 Å². The van der Waals surface area contributed by atoms with Gasteiger partial charge < -0.3 is 10.2 Å². The SMILES string of the molecule is CN(C)C(=O)CNc1n[nH]c2ccc(-c3ccn[nH]3)cc12. The van der Waals surface area contributed by atoms with Crippen LogP contribution in [0.1, 0.15) is 0 Å². The van der Waals surface area contributed by atoms with Gasteiger partial charge in [-0.2, -0.15) is 10.2 Å². The fourth-order valence-corrected chi connectivity index (χ4v) is 2.05. The number of fused-ring (bicyclic) bond motifs is 1. The van der Waals surface area contributed by atoms with Gasteiger partial charge >= 0.3 is 0 Å². The number of amides is 1. The van der Waals surface area contributed by atoms with Crippen molar-refractivity contribution in [3.05, 3.63) is 30.5 Å². The summed E-state index contributed by atoms with van der Waals surface area (Å²) in [7, 11) is 3.45. The Morgan fingerprint density at radius 2 is 2.14 bits per heavy atom. The van der Waals surface area contributed by atoms with Crippen molar-refractivity contribution in [3.8, 4) is 11.3 Å². The lowest BCUT2D eigenvalue weighted by molar-refractivity contribution is -0.126. The van der Waals surface area contributed by atoms with E-state index >= 15 is 0 Å². The topological polar surface area (TPSA) is 89.7 Å². The summed E-state index contributed by atoms with van der Waals surface area (Å²) in [6.45, 7) is 0.210. The quantitative estimate of drug-likeness (QED) is 0.676. The van der Waals surface area contributed by atoms with Crippen LogP contribution < -0.4 is 5.32 Å². The van der Waals surface area contributed by atoms with Gasteiger partial charge in [0, 0.05) is 31.2 Å². The number of rotatable bonds is 4. The van der Waals surface area contributed by atoms with Crippen molar-refractivity contribution in [1.29, 1.82) is 0 Å². The Labute approximate surface area is 121 Å². The maximum absolute atomic E-state index is 11.6. The molecule has 0 spiro atoms. The molecule has 0 atom stereocenters. The van der Waals surface area contributed by atoms with Crippen LogP contribution in [0.15, 0.2) is 30.5 Å². The number of hydrogen-bond donors (Lipinski definition) is 3. The number of anilines is 1. The molecule has 0 fully saturated rings. The van der Waals surface area contributed by atoms with E-state index < -0.39 is 0 Å². The molecule has 0 radical (unpaired) electrons. The molecule has 2 aromatic heterocycles. The highest BCUT2D eigenvalue weighted by Crippen LogP contribution is 2.26. The molecular weight excluding hydrogens is 268 g/mol. The zero-order chi connectivity index (χ0) is 14.8. The molecule has 0 aliphatic heterocycles. The molecule has 7 heteroatoms. The van der Waals surface area contributed by atoms with Gasteiger partial charge in [-0.25, -0.2) is 0 Å². The predicted molar refractivity (Wildman–Crippen MR) is 80.9 cm³/mol. The Morgan fingerprint density at radius 3 is 2.86 bits per heavy atom. The summed E-state index contributed by atoms with van der Waals surface area (Å²) in [6.07, 6.45) is 1.71. The van der Waals surface area contributed by atoms with Crippen LogP contribution in [0.3, 0.4) is 0 Å². The standard InChI is InChI=1S/C14H16N6O/c1-20(2)13(21)8-15-14-10-7-9(11-5-6-16-17-11)3-4-12(10)18-19-14/h3-7H,8H2,1-2H3,(H,16,17)(H2,15,18,19). The first-order valence-electron chi connectivity index (χ1n) is 6.57. The lowest BCUT2D eigenvalue weighted by Crippen LogP contribution is -2.28. The van der Waals surface area contributed by atoms with Crippen molar-refractivity contribution in [2.45, 2.75) is 0 Å². The van der Waals surface area contributed by atoms with Gasteiger partial charge in [-0.1, -0.05) is 6.07 Å². The van der Waals surface area contributed by atoms with Gasteiger partial charge in [0.15, 0.2) is 5.82 Å². The van der Waals surface area contributed by atoms with Crippen LogP contribution in [0.4, 0.5) is 5.82 Å². The first kappa shape index (κ1) is 13.2. The summed E-state index contributed by atoms with van der Waals surface area (Å²) in [4.78, 5) is 13.2. The van der Waals surface area contributed by atoms with Crippen LogP contribution in [-0.4, -0.2) is 51.8 Å². The lowest BCUT2D eigenvalue weighted by atomic mass is 10.1. The molecule has 21 heavy (non-hydrogen) atoms. The fraction of sp³-hybridized carbons (Fsp3) is 0.214. The highest BCUT2D eigenvalue weighted by atomic mass is 16.2. The van der Waals surface area contributed by atoms with Gasteiger partial charge in [-0.15, -0.1) is 0 Å². The van der Waals surface area contributed by atoms with E-state index in [4.69, 9.17) is 0 Å². The van der Waals surface area contributed by atoms with Crippen LogP contribution in [-0.2, 0) is 4.79 Å². The number of nitrogens with zero attached hydrogens (tertiary/aromatic N) is 3. The molecule has 1 aromatic carbocycles. The number of carbonyl (C=O) groups excluding carboxylic acids is 1. The Kier molecular flexibility index (Phi) is 3.31. The zero-order valence-electron chi connectivity index (χ0n) is 11.8. The number of aromatic nitrogens is 4. The molecular formula is C14H16N6O. The molecule has 0 unspecified atom stereocenters. The van der Waals surface area contributed by atoms with E-state index in [0.717, 1.165) is 22.2 Å². The summed E-state index contributed by atoms with van der Waals surface area (Å²) in [5.41, 5.74) is 2.87. The third-order valence-corrected chi connectivity index (χ3v) is 3.28. The fourth-order valence-electron chi connectivity index (χ4n) is 2.05. The second-order valence-corrected chi connectivity index (χ2v) is 4.94. The Morgan fingerprint density at radius 1 is 1.29 bits per heavy atom. The molecule has 0 aliphatic carbocycles. The Balaban J connectivity index is 1.89. The van der Waals surface area contributed by atoms with E-state index in [1.165, 1.54) is 4.90 Å². The average molecular weight is 284 g/mol. The third-order valence-electron chi connectivity index (χ3n) is 3.28. The van der Waals surface area contributed by atoms with Crippen molar-refractivity contribution in [3.63, 3.8) is 0 Å². The minimum absolute atomic E-state index is 0.00382. The first-order valence-corrected chi connectivity index (χ1v) is 6.57. The van der Waals surface area contributed by atoms with Gasteiger partial charge in [0.2, 0.25) is 5.91 Å². The van der Waals surface area contributed by atoms with Crippen LogP contribution in [0, 0.1) is 0 Å². The number of H-pyrrole nitrogens is 2. The summed E-state index contributed by atoms with van der Waals surface area (Å²) < 4.78 is 0. The number of nitrogens with one attached hydrogen (secondary N) is 3. The minimum atomic E-state index is -0.00382.